The summed E-state index contributed by atoms with van der Waals surface area (Å²) in [5.74, 6) is 0.344. The number of rotatable bonds is 10. The molecule has 3 nitrogen and oxygen atoms in total. The van der Waals surface area contributed by atoms with Crippen LogP contribution in [-0.2, 0) is 11.4 Å². The Morgan fingerprint density at radius 3 is 2.13 bits per heavy atom. The molecular formula is C26H37AsO3. The zero-order valence-corrected chi connectivity index (χ0v) is 21.1. The van der Waals surface area contributed by atoms with Gasteiger partial charge in [0.1, 0.15) is 0 Å². The van der Waals surface area contributed by atoms with Gasteiger partial charge in [-0.25, -0.2) is 0 Å². The molecule has 0 aliphatic heterocycles. The summed E-state index contributed by atoms with van der Waals surface area (Å²) < 4.78 is 7.32. The van der Waals surface area contributed by atoms with Gasteiger partial charge in [0.25, 0.3) is 0 Å². The van der Waals surface area contributed by atoms with Crippen molar-refractivity contribution >= 4 is 20.6 Å². The molecule has 2 aromatic rings. The predicted octanol–water partition coefficient (Wildman–Crippen LogP) is 6.58. The SMILES string of the molecule is CC(C)C(=O)Oc1ccc(CO)cc1[C@H](CC[As](C(C)C)C(C)C)c1ccccc1. The van der Waals surface area contributed by atoms with Crippen LogP contribution in [0, 0.1) is 5.92 Å². The van der Waals surface area contributed by atoms with E-state index < -0.39 is 14.7 Å². The molecule has 164 valence electrons. The van der Waals surface area contributed by atoms with Crippen molar-refractivity contribution in [1.29, 1.82) is 0 Å². The Morgan fingerprint density at radius 1 is 0.967 bits per heavy atom. The van der Waals surface area contributed by atoms with Crippen LogP contribution in [0.1, 0.15) is 70.6 Å². The number of esters is 1. The van der Waals surface area contributed by atoms with Crippen LogP contribution in [0.15, 0.2) is 48.5 Å². The number of ether oxygens (including phenoxy) is 1. The minimum atomic E-state index is -0.998. The number of carbonyl (C=O) groups excluding carboxylic acids is 1. The fourth-order valence-corrected chi connectivity index (χ4v) is 9.70. The van der Waals surface area contributed by atoms with E-state index in [1.54, 1.807) is 0 Å². The van der Waals surface area contributed by atoms with Gasteiger partial charge in [0.05, 0.1) is 0 Å². The number of hydrogen-bond donors (Lipinski definition) is 1. The first-order valence-electron chi connectivity index (χ1n) is 11.0. The van der Waals surface area contributed by atoms with Crippen molar-refractivity contribution in [3.8, 4) is 5.75 Å². The van der Waals surface area contributed by atoms with Crippen LogP contribution in [0.3, 0.4) is 0 Å². The van der Waals surface area contributed by atoms with E-state index in [1.807, 2.05) is 38.1 Å². The first kappa shape index (κ1) is 24.7. The molecule has 30 heavy (non-hydrogen) atoms. The summed E-state index contributed by atoms with van der Waals surface area (Å²) in [6.07, 6.45) is 1.03. The molecule has 1 N–H and O–H groups in total. The van der Waals surface area contributed by atoms with Crippen LogP contribution in [0.5, 0.6) is 5.75 Å². The Labute approximate surface area is 187 Å². The van der Waals surface area contributed by atoms with Crippen molar-refractivity contribution in [2.24, 2.45) is 5.92 Å². The van der Waals surface area contributed by atoms with Crippen molar-refractivity contribution in [3.63, 3.8) is 0 Å². The third-order valence-electron chi connectivity index (χ3n) is 5.52. The van der Waals surface area contributed by atoms with E-state index in [0.29, 0.717) is 5.75 Å². The topological polar surface area (TPSA) is 46.5 Å². The molecule has 0 aliphatic carbocycles. The monoisotopic (exact) mass is 472 g/mol. The second kappa shape index (κ2) is 11.7. The minimum absolute atomic E-state index is 0.0251. The summed E-state index contributed by atoms with van der Waals surface area (Å²) in [5, 5.41) is 11.0. The summed E-state index contributed by atoms with van der Waals surface area (Å²) in [6, 6.07) is 16.2. The Hall–Kier alpha value is -1.57. The average molecular weight is 473 g/mol. The third kappa shape index (κ3) is 6.72. The fourth-order valence-electron chi connectivity index (χ4n) is 3.87. The molecule has 0 aliphatic rings. The van der Waals surface area contributed by atoms with Crippen LogP contribution in [0.2, 0.25) is 14.6 Å². The Balaban J connectivity index is 2.48. The van der Waals surface area contributed by atoms with Gasteiger partial charge < -0.3 is 0 Å². The Kier molecular flexibility index (Phi) is 9.65. The molecular weight excluding hydrogens is 435 g/mol. The van der Waals surface area contributed by atoms with Gasteiger partial charge in [-0.15, -0.1) is 0 Å². The quantitative estimate of drug-likeness (QED) is 0.241. The second-order valence-corrected chi connectivity index (χ2v) is 16.2. The first-order valence-corrected chi connectivity index (χ1v) is 14.5. The average Bonchev–Trinajstić information content (AvgIpc) is 2.71. The summed E-state index contributed by atoms with van der Waals surface area (Å²) >= 11 is -0.998. The zero-order valence-electron chi connectivity index (χ0n) is 19.3. The first-order chi connectivity index (χ1) is 14.2. The van der Waals surface area contributed by atoms with Crippen LogP contribution in [0.25, 0.3) is 0 Å². The number of aliphatic hydroxyl groups is 1. The van der Waals surface area contributed by atoms with E-state index in [-0.39, 0.29) is 24.4 Å². The molecule has 0 unspecified atom stereocenters. The van der Waals surface area contributed by atoms with E-state index in [0.717, 1.165) is 27.0 Å². The number of carbonyl (C=O) groups is 1. The van der Waals surface area contributed by atoms with Crippen LogP contribution >= 0.6 is 0 Å². The zero-order chi connectivity index (χ0) is 22.3. The van der Waals surface area contributed by atoms with Gasteiger partial charge in [-0.3, -0.25) is 0 Å². The van der Waals surface area contributed by atoms with Gasteiger partial charge >= 0.3 is 187 Å². The Morgan fingerprint density at radius 2 is 1.60 bits per heavy atom. The van der Waals surface area contributed by atoms with Crippen molar-refractivity contribution in [2.75, 3.05) is 0 Å². The molecule has 0 saturated heterocycles. The molecule has 2 rings (SSSR count). The molecule has 0 bridgehead atoms. The number of hydrogen-bond acceptors (Lipinski definition) is 3. The predicted molar refractivity (Wildman–Crippen MR) is 126 cm³/mol. The summed E-state index contributed by atoms with van der Waals surface area (Å²) in [5.41, 5.74) is 3.08. The number of benzene rings is 2. The molecule has 0 radical (unpaired) electrons. The molecule has 0 saturated carbocycles. The van der Waals surface area contributed by atoms with Crippen LogP contribution < -0.4 is 4.74 Å². The number of aliphatic hydroxyl groups excluding tert-OH is 1. The maximum absolute atomic E-state index is 12.4. The standard InChI is InChI=1S/C26H37AsO3/c1-18(2)26(29)30-25-13-12-21(17-28)16-24(25)23(22-10-8-7-9-11-22)14-15-27(19(3)4)20(5)6/h7-13,16,18-20,23,28H,14-15,17H2,1-6H3/t23-/m1/s1. The third-order valence-corrected chi connectivity index (χ3v) is 12.7. The summed E-state index contributed by atoms with van der Waals surface area (Å²) in [7, 11) is 0. The van der Waals surface area contributed by atoms with Gasteiger partial charge in [0.15, 0.2) is 0 Å². The fraction of sp³-hybridized carbons (Fsp3) is 0.500. The van der Waals surface area contributed by atoms with Crippen molar-refractivity contribution in [2.45, 2.75) is 75.1 Å². The van der Waals surface area contributed by atoms with Gasteiger partial charge in [0.2, 0.25) is 0 Å². The molecule has 2 aromatic carbocycles. The summed E-state index contributed by atoms with van der Waals surface area (Å²) in [4.78, 5) is 12.4. The van der Waals surface area contributed by atoms with Crippen LogP contribution in [0.4, 0.5) is 0 Å². The molecule has 0 heterocycles. The second-order valence-electron chi connectivity index (χ2n) is 8.78. The normalized spacial score (nSPS) is 12.8. The van der Waals surface area contributed by atoms with E-state index in [9.17, 15) is 9.90 Å². The maximum atomic E-state index is 12.4. The van der Waals surface area contributed by atoms with Crippen molar-refractivity contribution in [1.82, 2.24) is 0 Å². The molecule has 4 heteroatoms. The van der Waals surface area contributed by atoms with Crippen molar-refractivity contribution < 1.29 is 14.6 Å². The molecule has 0 fully saturated rings. The van der Waals surface area contributed by atoms with Gasteiger partial charge in [-0.05, 0) is 0 Å². The van der Waals surface area contributed by atoms with Gasteiger partial charge in [-0.1, -0.05) is 0 Å². The molecule has 0 spiro atoms. The van der Waals surface area contributed by atoms with E-state index in [1.165, 1.54) is 10.8 Å². The van der Waals surface area contributed by atoms with E-state index in [4.69, 9.17) is 4.74 Å². The molecule has 0 aromatic heterocycles. The molecule has 1 atom stereocenters. The van der Waals surface area contributed by atoms with Gasteiger partial charge in [0, 0.05) is 0 Å². The van der Waals surface area contributed by atoms with Crippen LogP contribution in [-0.4, -0.2) is 25.7 Å². The van der Waals surface area contributed by atoms with E-state index in [2.05, 4.69) is 52.0 Å². The van der Waals surface area contributed by atoms with Gasteiger partial charge in [-0.2, -0.15) is 0 Å². The van der Waals surface area contributed by atoms with E-state index >= 15 is 0 Å². The Bertz CT molecular complexity index is 791. The molecule has 0 amide bonds. The van der Waals surface area contributed by atoms with Crippen molar-refractivity contribution in [3.05, 3.63) is 65.2 Å². The summed E-state index contributed by atoms with van der Waals surface area (Å²) in [6.45, 7) is 13.1.